The highest BCUT2D eigenvalue weighted by molar-refractivity contribution is 6.24. The quantitative estimate of drug-likeness (QED) is 0.304. The average molecular weight is 441 g/mol. The number of nitrogens with one attached hydrogen (secondary N) is 1. The first-order valence-electron chi connectivity index (χ1n) is 9.30. The van der Waals surface area contributed by atoms with Gasteiger partial charge in [-0.1, -0.05) is 6.07 Å². The first-order chi connectivity index (χ1) is 15.3. The largest absolute Gasteiger partial charge is 0.454 e. The molecule has 3 amide bonds. The Morgan fingerprint density at radius 1 is 1.19 bits per heavy atom. The molecule has 1 N–H and O–H groups in total. The van der Waals surface area contributed by atoms with Gasteiger partial charge in [-0.15, -0.1) is 0 Å². The van der Waals surface area contributed by atoms with Crippen LogP contribution in [0.3, 0.4) is 0 Å². The number of anilines is 1. The molecule has 12 nitrogen and oxygen atoms in total. The molecule has 0 saturated carbocycles. The van der Waals surface area contributed by atoms with Crippen molar-refractivity contribution >= 4 is 35.1 Å². The molecule has 0 radical (unpaired) electrons. The molecule has 1 atom stereocenters. The van der Waals surface area contributed by atoms with Crippen LogP contribution in [0.4, 0.5) is 11.4 Å². The van der Waals surface area contributed by atoms with Crippen molar-refractivity contribution in [2.24, 2.45) is 0 Å². The van der Waals surface area contributed by atoms with Crippen LogP contribution in [-0.4, -0.2) is 53.0 Å². The molecule has 164 valence electrons. The lowest BCUT2D eigenvalue weighted by molar-refractivity contribution is -0.385. The summed E-state index contributed by atoms with van der Waals surface area (Å²) in [4.78, 5) is 60.5. The molecule has 0 bridgehead atoms. The van der Waals surface area contributed by atoms with Crippen molar-refractivity contribution in [2.45, 2.75) is 13.0 Å². The van der Waals surface area contributed by atoms with Gasteiger partial charge in [0.2, 0.25) is 6.79 Å². The van der Waals surface area contributed by atoms with Crippen molar-refractivity contribution in [3.63, 3.8) is 0 Å². The highest BCUT2D eigenvalue weighted by atomic mass is 16.7. The Labute approximate surface area is 179 Å². The molecule has 0 unspecified atom stereocenters. The van der Waals surface area contributed by atoms with E-state index < -0.39 is 47.0 Å². The molecule has 0 aromatic heterocycles. The van der Waals surface area contributed by atoms with E-state index in [1.165, 1.54) is 19.1 Å². The summed E-state index contributed by atoms with van der Waals surface area (Å²) in [6.07, 6.45) is -1.25. The molecule has 12 heteroatoms. The van der Waals surface area contributed by atoms with Gasteiger partial charge >= 0.3 is 5.97 Å². The third kappa shape index (κ3) is 3.69. The van der Waals surface area contributed by atoms with Gasteiger partial charge in [0, 0.05) is 17.8 Å². The van der Waals surface area contributed by atoms with Gasteiger partial charge in [-0.25, -0.2) is 0 Å². The van der Waals surface area contributed by atoms with E-state index in [-0.39, 0.29) is 17.9 Å². The van der Waals surface area contributed by atoms with E-state index in [9.17, 15) is 29.3 Å². The van der Waals surface area contributed by atoms with Gasteiger partial charge in [-0.05, 0) is 25.1 Å². The Kier molecular flexibility index (Phi) is 5.18. The lowest BCUT2D eigenvalue weighted by Gasteiger charge is -2.16. The van der Waals surface area contributed by atoms with Crippen LogP contribution in [0, 0.1) is 10.1 Å². The van der Waals surface area contributed by atoms with E-state index >= 15 is 0 Å². The smallest absolute Gasteiger partial charge is 0.326 e. The number of nitrogens with zero attached hydrogens (tertiary/aromatic N) is 2. The summed E-state index contributed by atoms with van der Waals surface area (Å²) in [6, 6.07) is 8.35. The minimum Gasteiger partial charge on any atom is -0.454 e. The van der Waals surface area contributed by atoms with Crippen molar-refractivity contribution in [1.82, 2.24) is 4.90 Å². The molecule has 0 spiro atoms. The fourth-order valence-corrected chi connectivity index (χ4v) is 3.25. The number of nitro benzene ring substituents is 1. The molecule has 2 heterocycles. The maximum atomic E-state index is 12.5. The minimum atomic E-state index is -1.25. The Hall–Kier alpha value is -4.48. The second-order valence-electron chi connectivity index (χ2n) is 6.84. The number of amides is 3. The highest BCUT2D eigenvalue weighted by Gasteiger charge is 2.42. The number of imide groups is 1. The number of carbonyl (C=O) groups excluding carboxylic acids is 4. The van der Waals surface area contributed by atoms with Crippen LogP contribution in [0.2, 0.25) is 0 Å². The fourth-order valence-electron chi connectivity index (χ4n) is 3.25. The first kappa shape index (κ1) is 20.8. The summed E-state index contributed by atoms with van der Waals surface area (Å²) in [5.74, 6) is -2.55. The van der Waals surface area contributed by atoms with Gasteiger partial charge in [0.1, 0.15) is 12.1 Å². The van der Waals surface area contributed by atoms with Crippen molar-refractivity contribution in [3.8, 4) is 11.5 Å². The predicted octanol–water partition coefficient (Wildman–Crippen LogP) is 1.49. The number of ether oxygens (including phenoxy) is 3. The lowest BCUT2D eigenvalue weighted by atomic mass is 10.1. The van der Waals surface area contributed by atoms with E-state index in [4.69, 9.17) is 14.2 Å². The molecular weight excluding hydrogens is 426 g/mol. The van der Waals surface area contributed by atoms with E-state index in [0.717, 1.165) is 6.07 Å². The van der Waals surface area contributed by atoms with Gasteiger partial charge in [-0.2, -0.15) is 0 Å². The normalized spacial score (nSPS) is 14.7. The number of hydrogen-bond donors (Lipinski definition) is 1. The zero-order chi connectivity index (χ0) is 23.0. The third-order valence-corrected chi connectivity index (χ3v) is 4.78. The van der Waals surface area contributed by atoms with Crippen LogP contribution < -0.4 is 14.8 Å². The summed E-state index contributed by atoms with van der Waals surface area (Å²) in [7, 11) is 0. The Morgan fingerprint density at radius 2 is 1.94 bits per heavy atom. The Balaban J connectivity index is 1.38. The number of esters is 1. The molecule has 2 aromatic rings. The number of fused-ring (bicyclic) bond motifs is 2. The summed E-state index contributed by atoms with van der Waals surface area (Å²) in [6.45, 7) is 0.584. The lowest BCUT2D eigenvalue weighted by Crippen LogP contribution is -2.38. The first-order valence-corrected chi connectivity index (χ1v) is 9.30. The van der Waals surface area contributed by atoms with Crippen LogP contribution in [0.25, 0.3) is 0 Å². The molecular formula is C20H15N3O9. The van der Waals surface area contributed by atoms with Crippen molar-refractivity contribution in [1.29, 1.82) is 0 Å². The topological polar surface area (TPSA) is 154 Å². The summed E-state index contributed by atoms with van der Waals surface area (Å²) < 4.78 is 15.4. The van der Waals surface area contributed by atoms with Crippen LogP contribution in [0.5, 0.6) is 11.5 Å². The molecule has 0 saturated heterocycles. The second-order valence-corrected chi connectivity index (χ2v) is 6.84. The van der Waals surface area contributed by atoms with Gasteiger partial charge in [0.25, 0.3) is 23.4 Å². The molecule has 2 aromatic carbocycles. The van der Waals surface area contributed by atoms with E-state index in [1.807, 2.05) is 0 Å². The van der Waals surface area contributed by atoms with Gasteiger partial charge < -0.3 is 19.5 Å². The van der Waals surface area contributed by atoms with Crippen molar-refractivity contribution in [3.05, 3.63) is 57.6 Å². The van der Waals surface area contributed by atoms with Crippen LogP contribution in [0.15, 0.2) is 36.4 Å². The summed E-state index contributed by atoms with van der Waals surface area (Å²) >= 11 is 0. The molecule has 0 aliphatic carbocycles. The summed E-state index contributed by atoms with van der Waals surface area (Å²) in [5, 5.41) is 13.7. The zero-order valence-electron chi connectivity index (χ0n) is 16.5. The van der Waals surface area contributed by atoms with Gasteiger partial charge in [0.05, 0.1) is 10.5 Å². The molecule has 2 aliphatic heterocycles. The van der Waals surface area contributed by atoms with E-state index in [2.05, 4.69) is 5.32 Å². The maximum Gasteiger partial charge on any atom is 0.326 e. The minimum absolute atomic E-state index is 0.0711. The molecule has 2 aliphatic rings. The molecule has 4 rings (SSSR count). The Bertz CT molecular complexity index is 1180. The van der Waals surface area contributed by atoms with Crippen molar-refractivity contribution in [2.75, 3.05) is 18.7 Å². The van der Waals surface area contributed by atoms with Crippen LogP contribution >= 0.6 is 0 Å². The number of hydrogen-bond acceptors (Lipinski definition) is 9. The molecule has 0 fully saturated rings. The maximum absolute atomic E-state index is 12.5. The van der Waals surface area contributed by atoms with Crippen LogP contribution in [0.1, 0.15) is 27.6 Å². The monoisotopic (exact) mass is 441 g/mol. The fraction of sp³-hybridized carbons (Fsp3) is 0.200. The number of nitro groups is 1. The van der Waals surface area contributed by atoms with Crippen molar-refractivity contribution < 1.29 is 38.3 Å². The van der Waals surface area contributed by atoms with E-state index in [1.54, 1.807) is 18.2 Å². The van der Waals surface area contributed by atoms with Gasteiger partial charge in [0.15, 0.2) is 17.6 Å². The number of rotatable bonds is 6. The number of benzene rings is 2. The summed E-state index contributed by atoms with van der Waals surface area (Å²) in [5.41, 5.74) is -0.711. The SMILES string of the molecule is C[C@@H](OC(=O)CN1C(=O)c2cccc([N+](=O)[O-])c2C1=O)C(=O)Nc1ccc2c(c1)OCO2. The average Bonchev–Trinajstić information content (AvgIpc) is 3.32. The number of carbonyl (C=O) groups is 4. The van der Waals surface area contributed by atoms with Gasteiger partial charge in [-0.3, -0.25) is 34.2 Å². The zero-order valence-corrected chi connectivity index (χ0v) is 16.5. The standard InChI is InChI=1S/C20H15N3O9/c1-10(18(25)21-11-5-6-14-15(7-11)31-9-30-14)32-16(24)8-22-19(26)12-3-2-4-13(23(28)29)17(12)20(22)27/h2-7,10H,8-9H2,1H3,(H,21,25)/t10-/m1/s1. The van der Waals surface area contributed by atoms with Crippen LogP contribution in [-0.2, 0) is 14.3 Å². The predicted molar refractivity (Wildman–Crippen MR) is 105 cm³/mol. The highest BCUT2D eigenvalue weighted by Crippen LogP contribution is 2.34. The van der Waals surface area contributed by atoms with E-state index in [0.29, 0.717) is 22.1 Å². The Morgan fingerprint density at radius 3 is 2.69 bits per heavy atom. The molecule has 32 heavy (non-hydrogen) atoms. The third-order valence-electron chi connectivity index (χ3n) is 4.78. The second kappa shape index (κ2) is 7.98.